The second-order valence-corrected chi connectivity index (χ2v) is 3.86. The minimum Gasteiger partial charge on any atom is -0.323 e. The van der Waals surface area contributed by atoms with Gasteiger partial charge in [-0.2, -0.15) is 0 Å². The Morgan fingerprint density at radius 3 is 2.93 bits per heavy atom. The summed E-state index contributed by atoms with van der Waals surface area (Å²) in [5.74, 6) is -0.169. The molecule has 1 rings (SSSR count). The van der Waals surface area contributed by atoms with Crippen molar-refractivity contribution in [3.63, 3.8) is 0 Å². The summed E-state index contributed by atoms with van der Waals surface area (Å²) in [5, 5.41) is 2.74. The monoisotopic (exact) mass is 207 g/mol. The Balaban J connectivity index is 2.63. The maximum absolute atomic E-state index is 11.8. The van der Waals surface area contributed by atoms with Gasteiger partial charge in [0.2, 0.25) is 5.91 Å². The number of aromatic nitrogens is 1. The Labute approximate surface area is 89.9 Å². The van der Waals surface area contributed by atoms with Crippen LogP contribution in [0.15, 0.2) is 24.5 Å². The summed E-state index contributed by atoms with van der Waals surface area (Å²) in [7, 11) is 0. The van der Waals surface area contributed by atoms with Crippen molar-refractivity contribution in [2.24, 2.45) is 5.73 Å². The zero-order chi connectivity index (χ0) is 11.3. The van der Waals surface area contributed by atoms with Crippen molar-refractivity contribution in [3.8, 4) is 0 Å². The standard InChI is InChI=1S/C11H17N3O/c1-3-6-11(2,12)10(15)14-9-5-4-7-13-8-9/h4-5,7-8H,3,6,12H2,1-2H3,(H,14,15). The van der Waals surface area contributed by atoms with E-state index in [2.05, 4.69) is 10.3 Å². The van der Waals surface area contributed by atoms with E-state index in [9.17, 15) is 4.79 Å². The lowest BCUT2D eigenvalue weighted by Crippen LogP contribution is -2.48. The molecule has 1 unspecified atom stereocenters. The van der Waals surface area contributed by atoms with Crippen LogP contribution in [0.1, 0.15) is 26.7 Å². The summed E-state index contributed by atoms with van der Waals surface area (Å²) >= 11 is 0. The van der Waals surface area contributed by atoms with Crippen LogP contribution in [0.2, 0.25) is 0 Å². The number of nitrogens with two attached hydrogens (primary N) is 1. The summed E-state index contributed by atoms with van der Waals surface area (Å²) < 4.78 is 0. The molecule has 3 N–H and O–H groups in total. The number of rotatable bonds is 4. The van der Waals surface area contributed by atoms with E-state index in [1.807, 2.05) is 6.92 Å². The van der Waals surface area contributed by atoms with Gasteiger partial charge in [0.25, 0.3) is 0 Å². The van der Waals surface area contributed by atoms with Crippen LogP contribution in [-0.4, -0.2) is 16.4 Å². The molecule has 0 bridgehead atoms. The number of hydrogen-bond acceptors (Lipinski definition) is 3. The fraction of sp³-hybridized carbons (Fsp3) is 0.455. The molecule has 1 atom stereocenters. The van der Waals surface area contributed by atoms with Crippen LogP contribution in [0.25, 0.3) is 0 Å². The minimum atomic E-state index is -0.815. The largest absolute Gasteiger partial charge is 0.323 e. The molecule has 1 aromatic heterocycles. The minimum absolute atomic E-state index is 0.169. The number of carbonyl (C=O) groups excluding carboxylic acids is 1. The average Bonchev–Trinajstić information content (AvgIpc) is 2.19. The molecule has 0 aliphatic carbocycles. The van der Waals surface area contributed by atoms with Crippen molar-refractivity contribution in [2.75, 3.05) is 5.32 Å². The number of carbonyl (C=O) groups is 1. The quantitative estimate of drug-likeness (QED) is 0.786. The SMILES string of the molecule is CCCC(C)(N)C(=O)Nc1cccnc1. The molecule has 0 saturated carbocycles. The molecule has 1 amide bonds. The van der Waals surface area contributed by atoms with Gasteiger partial charge in [-0.25, -0.2) is 0 Å². The van der Waals surface area contributed by atoms with Gasteiger partial charge in [0.05, 0.1) is 17.4 Å². The van der Waals surface area contributed by atoms with Crippen LogP contribution in [0, 0.1) is 0 Å². The topological polar surface area (TPSA) is 68.0 Å². The second-order valence-electron chi connectivity index (χ2n) is 3.86. The molecule has 0 fully saturated rings. The Morgan fingerprint density at radius 2 is 2.40 bits per heavy atom. The van der Waals surface area contributed by atoms with E-state index in [0.717, 1.165) is 6.42 Å². The lowest BCUT2D eigenvalue weighted by molar-refractivity contribution is -0.120. The molecule has 4 heteroatoms. The molecule has 82 valence electrons. The molecule has 1 heterocycles. The van der Waals surface area contributed by atoms with Crippen molar-refractivity contribution in [1.29, 1.82) is 0 Å². The van der Waals surface area contributed by atoms with Crippen LogP contribution in [-0.2, 0) is 4.79 Å². The number of pyridine rings is 1. The zero-order valence-corrected chi connectivity index (χ0v) is 9.16. The lowest BCUT2D eigenvalue weighted by Gasteiger charge is -2.22. The van der Waals surface area contributed by atoms with Crippen LogP contribution in [0.3, 0.4) is 0 Å². The summed E-state index contributed by atoms with van der Waals surface area (Å²) in [6, 6.07) is 3.55. The van der Waals surface area contributed by atoms with Gasteiger partial charge < -0.3 is 11.1 Å². The first-order valence-electron chi connectivity index (χ1n) is 5.06. The lowest BCUT2D eigenvalue weighted by atomic mass is 9.96. The van der Waals surface area contributed by atoms with Crippen LogP contribution < -0.4 is 11.1 Å². The first-order chi connectivity index (χ1) is 7.06. The number of amides is 1. The summed E-state index contributed by atoms with van der Waals surface area (Å²) in [6.45, 7) is 3.74. The highest BCUT2D eigenvalue weighted by molar-refractivity contribution is 5.97. The number of nitrogens with zero attached hydrogens (tertiary/aromatic N) is 1. The van der Waals surface area contributed by atoms with Crippen molar-refractivity contribution < 1.29 is 4.79 Å². The second kappa shape index (κ2) is 4.89. The third-order valence-electron chi connectivity index (χ3n) is 2.21. The van der Waals surface area contributed by atoms with E-state index in [4.69, 9.17) is 5.73 Å². The van der Waals surface area contributed by atoms with Gasteiger partial charge in [0.1, 0.15) is 0 Å². The predicted molar refractivity (Wildman–Crippen MR) is 60.4 cm³/mol. The molecule has 0 radical (unpaired) electrons. The Morgan fingerprint density at radius 1 is 1.67 bits per heavy atom. The van der Waals surface area contributed by atoms with Gasteiger partial charge in [0, 0.05) is 6.20 Å². The fourth-order valence-corrected chi connectivity index (χ4v) is 1.34. The van der Waals surface area contributed by atoms with E-state index in [1.54, 1.807) is 31.5 Å². The predicted octanol–water partition coefficient (Wildman–Crippen LogP) is 1.54. The first kappa shape index (κ1) is 11.7. The highest BCUT2D eigenvalue weighted by atomic mass is 16.2. The van der Waals surface area contributed by atoms with E-state index in [0.29, 0.717) is 12.1 Å². The van der Waals surface area contributed by atoms with Crippen molar-refractivity contribution in [1.82, 2.24) is 4.98 Å². The van der Waals surface area contributed by atoms with Gasteiger partial charge >= 0.3 is 0 Å². The third kappa shape index (κ3) is 3.32. The van der Waals surface area contributed by atoms with Gasteiger partial charge in [-0.15, -0.1) is 0 Å². The van der Waals surface area contributed by atoms with E-state index >= 15 is 0 Å². The van der Waals surface area contributed by atoms with E-state index in [-0.39, 0.29) is 5.91 Å². The Bertz CT molecular complexity index is 322. The van der Waals surface area contributed by atoms with Gasteiger partial charge in [-0.1, -0.05) is 13.3 Å². The van der Waals surface area contributed by atoms with Crippen molar-refractivity contribution in [2.45, 2.75) is 32.2 Å². The molecular weight excluding hydrogens is 190 g/mol. The molecule has 1 aromatic rings. The molecule has 0 spiro atoms. The maximum atomic E-state index is 11.8. The third-order valence-corrected chi connectivity index (χ3v) is 2.21. The van der Waals surface area contributed by atoms with E-state index < -0.39 is 5.54 Å². The van der Waals surface area contributed by atoms with Crippen molar-refractivity contribution in [3.05, 3.63) is 24.5 Å². The highest BCUT2D eigenvalue weighted by Gasteiger charge is 2.26. The van der Waals surface area contributed by atoms with Crippen LogP contribution in [0.4, 0.5) is 5.69 Å². The fourth-order valence-electron chi connectivity index (χ4n) is 1.34. The molecule has 0 saturated heterocycles. The average molecular weight is 207 g/mol. The first-order valence-corrected chi connectivity index (χ1v) is 5.06. The molecule has 0 aliphatic rings. The normalized spacial score (nSPS) is 14.3. The maximum Gasteiger partial charge on any atom is 0.244 e. The zero-order valence-electron chi connectivity index (χ0n) is 9.16. The highest BCUT2D eigenvalue weighted by Crippen LogP contribution is 2.12. The smallest absolute Gasteiger partial charge is 0.244 e. The van der Waals surface area contributed by atoms with Crippen molar-refractivity contribution >= 4 is 11.6 Å². The Kier molecular flexibility index (Phi) is 3.80. The number of hydrogen-bond donors (Lipinski definition) is 2. The van der Waals surface area contributed by atoms with Crippen LogP contribution >= 0.6 is 0 Å². The molecular formula is C11H17N3O. The molecule has 4 nitrogen and oxygen atoms in total. The summed E-state index contributed by atoms with van der Waals surface area (Å²) in [4.78, 5) is 15.7. The molecule has 15 heavy (non-hydrogen) atoms. The number of nitrogens with one attached hydrogen (secondary N) is 1. The Hall–Kier alpha value is -1.42. The molecule has 0 aromatic carbocycles. The van der Waals surface area contributed by atoms with Gasteiger partial charge in [-0.05, 0) is 25.5 Å². The summed E-state index contributed by atoms with van der Waals surface area (Å²) in [6.07, 6.45) is 4.80. The molecule has 0 aliphatic heterocycles. The van der Waals surface area contributed by atoms with Gasteiger partial charge in [0.15, 0.2) is 0 Å². The van der Waals surface area contributed by atoms with Crippen LogP contribution in [0.5, 0.6) is 0 Å². The van der Waals surface area contributed by atoms with E-state index in [1.165, 1.54) is 0 Å². The number of anilines is 1. The van der Waals surface area contributed by atoms with Gasteiger partial charge in [-0.3, -0.25) is 9.78 Å². The summed E-state index contributed by atoms with van der Waals surface area (Å²) in [5.41, 5.74) is 5.75.